The molecule has 2 rings (SSSR count). The average molecular weight is 223 g/mol. The summed E-state index contributed by atoms with van der Waals surface area (Å²) in [5.74, 6) is 0.554. The van der Waals surface area contributed by atoms with E-state index in [4.69, 9.17) is 0 Å². The van der Waals surface area contributed by atoms with Crippen molar-refractivity contribution in [1.82, 2.24) is 20.4 Å². The summed E-state index contributed by atoms with van der Waals surface area (Å²) >= 11 is 0. The lowest BCUT2D eigenvalue weighted by Gasteiger charge is -2.24. The lowest BCUT2D eigenvalue weighted by molar-refractivity contribution is -0.404. The summed E-state index contributed by atoms with van der Waals surface area (Å²) < 4.78 is 0. The monoisotopic (exact) mass is 223 g/mol. The third-order valence-corrected chi connectivity index (χ3v) is 2.67. The number of aromatic nitrogens is 2. The molecule has 0 bridgehead atoms. The molecule has 1 aliphatic rings. The second-order valence-corrected chi connectivity index (χ2v) is 3.63. The molecular weight excluding hydrogens is 210 g/mol. The summed E-state index contributed by atoms with van der Waals surface area (Å²) in [5.41, 5.74) is 1.01. The summed E-state index contributed by atoms with van der Waals surface area (Å²) in [6.45, 7) is 3.47. The number of nitrogens with zero attached hydrogens (tertiary/aromatic N) is 3. The molecule has 2 N–H and O–H groups in total. The summed E-state index contributed by atoms with van der Waals surface area (Å²) in [5, 5.41) is 20.1. The Balaban J connectivity index is 2.17. The van der Waals surface area contributed by atoms with Crippen molar-refractivity contribution >= 4 is 0 Å². The summed E-state index contributed by atoms with van der Waals surface area (Å²) in [6, 6.07) is 0.0694. The minimum absolute atomic E-state index is 0.0694. The molecule has 1 aromatic heterocycles. The van der Waals surface area contributed by atoms with Gasteiger partial charge in [0.25, 0.3) is 6.20 Å². The molecule has 1 saturated heterocycles. The van der Waals surface area contributed by atoms with Crippen molar-refractivity contribution in [2.24, 2.45) is 0 Å². The number of nitro groups is 1. The number of aromatic amines is 1. The van der Waals surface area contributed by atoms with Crippen molar-refractivity contribution in [1.29, 1.82) is 0 Å². The molecule has 1 fully saturated rings. The number of rotatable bonds is 3. The van der Waals surface area contributed by atoms with E-state index in [1.807, 2.05) is 11.8 Å². The Morgan fingerprint density at radius 3 is 3.19 bits per heavy atom. The van der Waals surface area contributed by atoms with Crippen LogP contribution in [-0.4, -0.2) is 33.1 Å². The van der Waals surface area contributed by atoms with Crippen LogP contribution >= 0.6 is 0 Å². The van der Waals surface area contributed by atoms with E-state index in [1.54, 1.807) is 12.4 Å². The van der Waals surface area contributed by atoms with Crippen molar-refractivity contribution in [3.8, 4) is 0 Å². The van der Waals surface area contributed by atoms with E-state index < -0.39 is 4.92 Å². The van der Waals surface area contributed by atoms with E-state index in [-0.39, 0.29) is 6.04 Å². The molecule has 7 heteroatoms. The minimum Gasteiger partial charge on any atom is -0.365 e. The number of H-pyrrole nitrogens is 1. The smallest absolute Gasteiger partial charge is 0.274 e. The van der Waals surface area contributed by atoms with Gasteiger partial charge in [-0.2, -0.15) is 5.10 Å². The molecule has 0 aliphatic carbocycles. The molecule has 1 aliphatic heterocycles. The first-order valence-electron chi connectivity index (χ1n) is 5.03. The summed E-state index contributed by atoms with van der Waals surface area (Å²) in [6.07, 6.45) is 4.53. The van der Waals surface area contributed by atoms with Crippen LogP contribution in [0.15, 0.2) is 24.4 Å². The Hall–Kier alpha value is -2.05. The van der Waals surface area contributed by atoms with Gasteiger partial charge in [0.15, 0.2) is 5.82 Å². The van der Waals surface area contributed by atoms with E-state index in [0.717, 1.165) is 24.9 Å². The summed E-state index contributed by atoms with van der Waals surface area (Å²) in [4.78, 5) is 12.0. The highest BCUT2D eigenvalue weighted by atomic mass is 16.6. The molecule has 16 heavy (non-hydrogen) atoms. The highest BCUT2D eigenvalue weighted by Crippen LogP contribution is 2.24. The predicted molar refractivity (Wildman–Crippen MR) is 56.8 cm³/mol. The maximum Gasteiger partial charge on any atom is 0.274 e. The van der Waals surface area contributed by atoms with Crippen LogP contribution in [0.25, 0.3) is 0 Å². The molecular formula is C9H13N5O2. The molecule has 0 aromatic carbocycles. The van der Waals surface area contributed by atoms with Crippen molar-refractivity contribution in [3.63, 3.8) is 0 Å². The van der Waals surface area contributed by atoms with E-state index in [2.05, 4.69) is 15.5 Å². The molecule has 0 saturated carbocycles. The Morgan fingerprint density at radius 2 is 2.56 bits per heavy atom. The largest absolute Gasteiger partial charge is 0.365 e. The Bertz CT molecular complexity index is 400. The molecule has 0 amide bonds. The molecule has 1 unspecified atom stereocenters. The lowest BCUT2D eigenvalue weighted by atomic mass is 10.1. The molecule has 1 atom stereocenters. The third kappa shape index (κ3) is 1.97. The minimum atomic E-state index is -0.442. The van der Waals surface area contributed by atoms with Gasteiger partial charge in [-0.1, -0.05) is 0 Å². The first kappa shape index (κ1) is 10.5. The van der Waals surface area contributed by atoms with Gasteiger partial charge in [0.05, 0.1) is 17.2 Å². The third-order valence-electron chi connectivity index (χ3n) is 2.67. The molecule has 86 valence electrons. The van der Waals surface area contributed by atoms with E-state index in [0.29, 0.717) is 5.82 Å². The lowest BCUT2D eigenvalue weighted by Crippen LogP contribution is -2.24. The average Bonchev–Trinajstić information content (AvgIpc) is 2.84. The van der Waals surface area contributed by atoms with E-state index in [9.17, 15) is 10.1 Å². The first-order chi connectivity index (χ1) is 7.68. The number of hydrogen-bond donors (Lipinski definition) is 2. The topological polar surface area (TPSA) is 87.1 Å². The second kappa shape index (κ2) is 4.21. The Morgan fingerprint density at radius 1 is 1.75 bits per heavy atom. The van der Waals surface area contributed by atoms with Gasteiger partial charge in [-0.3, -0.25) is 15.2 Å². The maximum absolute atomic E-state index is 10.5. The first-order valence-corrected chi connectivity index (χ1v) is 5.03. The van der Waals surface area contributed by atoms with Crippen LogP contribution in [0.1, 0.15) is 18.5 Å². The highest BCUT2D eigenvalue weighted by molar-refractivity contribution is 5.13. The molecule has 2 heterocycles. The van der Waals surface area contributed by atoms with Gasteiger partial charge >= 0.3 is 0 Å². The van der Waals surface area contributed by atoms with Gasteiger partial charge in [-0.25, -0.2) is 0 Å². The number of nitrogens with one attached hydrogen (secondary N) is 2. The molecule has 0 spiro atoms. The van der Waals surface area contributed by atoms with Gasteiger partial charge < -0.3 is 10.2 Å². The fraction of sp³-hybridized carbons (Fsp3) is 0.444. The zero-order valence-electron chi connectivity index (χ0n) is 8.88. The second-order valence-electron chi connectivity index (χ2n) is 3.63. The fourth-order valence-corrected chi connectivity index (χ4v) is 1.82. The normalized spacial score (nSPS) is 19.8. The summed E-state index contributed by atoms with van der Waals surface area (Å²) in [7, 11) is 0. The van der Waals surface area contributed by atoms with Crippen LogP contribution < -0.4 is 5.32 Å². The van der Waals surface area contributed by atoms with E-state index in [1.165, 1.54) is 0 Å². The number of hydrogen-bond acceptors (Lipinski definition) is 5. The Kier molecular flexibility index (Phi) is 2.76. The Labute approximate surface area is 92.3 Å². The van der Waals surface area contributed by atoms with E-state index >= 15 is 0 Å². The van der Waals surface area contributed by atoms with Gasteiger partial charge in [0.2, 0.25) is 0 Å². The van der Waals surface area contributed by atoms with Crippen LogP contribution in [0.3, 0.4) is 0 Å². The van der Waals surface area contributed by atoms with Crippen LogP contribution in [0.2, 0.25) is 0 Å². The van der Waals surface area contributed by atoms with Crippen molar-refractivity contribution in [3.05, 3.63) is 40.1 Å². The zero-order valence-corrected chi connectivity index (χ0v) is 8.88. The zero-order chi connectivity index (χ0) is 11.5. The predicted octanol–water partition coefficient (Wildman–Crippen LogP) is 0.452. The SMILES string of the molecule is CC(c1cn[nH]c1)N1CCNC1=C[N+](=O)[O-]. The van der Waals surface area contributed by atoms with Crippen LogP contribution in [-0.2, 0) is 0 Å². The van der Waals surface area contributed by atoms with Crippen LogP contribution in [0.4, 0.5) is 0 Å². The van der Waals surface area contributed by atoms with Gasteiger partial charge in [0.1, 0.15) is 0 Å². The van der Waals surface area contributed by atoms with Gasteiger partial charge in [-0.05, 0) is 6.92 Å². The van der Waals surface area contributed by atoms with Gasteiger partial charge in [-0.15, -0.1) is 0 Å². The van der Waals surface area contributed by atoms with Crippen molar-refractivity contribution in [2.45, 2.75) is 13.0 Å². The van der Waals surface area contributed by atoms with Crippen molar-refractivity contribution in [2.75, 3.05) is 13.1 Å². The van der Waals surface area contributed by atoms with Crippen molar-refractivity contribution < 1.29 is 4.92 Å². The molecule has 7 nitrogen and oxygen atoms in total. The standard InChI is InChI=1S/C9H13N5O2/c1-7(8-4-11-12-5-8)13-3-2-10-9(13)6-14(15)16/h4-7,10H,2-3H2,1H3,(H,11,12). The molecule has 0 radical (unpaired) electrons. The fourth-order valence-electron chi connectivity index (χ4n) is 1.82. The maximum atomic E-state index is 10.5. The van der Waals surface area contributed by atoms with Crippen LogP contribution in [0, 0.1) is 10.1 Å². The van der Waals surface area contributed by atoms with Crippen LogP contribution in [0.5, 0.6) is 0 Å². The highest BCUT2D eigenvalue weighted by Gasteiger charge is 2.25. The van der Waals surface area contributed by atoms with Gasteiger partial charge in [0, 0.05) is 24.8 Å². The quantitative estimate of drug-likeness (QED) is 0.574. The molecule has 1 aromatic rings.